The Kier molecular flexibility index (Phi) is 18.9. The lowest BCUT2D eigenvalue weighted by molar-refractivity contribution is -0.360. The van der Waals surface area contributed by atoms with Crippen molar-refractivity contribution in [1.29, 1.82) is 0 Å². The number of hydrogen-bond donors (Lipinski definition) is 2. The van der Waals surface area contributed by atoms with Crippen molar-refractivity contribution >= 4 is 0 Å². The minimum Gasteiger partial charge on any atom is -0.387 e. The smallest absolute Gasteiger partial charge is 0.187 e. The summed E-state index contributed by atoms with van der Waals surface area (Å²) in [5.41, 5.74) is 6.49. The van der Waals surface area contributed by atoms with Crippen LogP contribution in [0.5, 0.6) is 0 Å². The molecule has 1 aliphatic heterocycles. The standard InChI is InChI=1S/C61H64O11/c62-52-55(53(63)57(67-39-47-28-14-4-15-29-47)59(69-41-49-32-18-6-19-33-49)56(52)66-38-46-26-12-3-13-27-46)72-61-60(70-42-50-34-20-7-21-35-50)58(68-40-48-30-16-5-17-31-48)54(65-37-45-24-10-2-11-25-45)51(71-61)43-64-36-44-22-8-1-9-23-44/h1-35,51-63H,36-43H2/t51-,52-,53-,54-,55-,56+,57-,58+,59-,60+,61-/m1/s1. The largest absolute Gasteiger partial charge is 0.387 e. The summed E-state index contributed by atoms with van der Waals surface area (Å²) in [6, 6.07) is 68.8. The van der Waals surface area contributed by atoms with Crippen LogP contribution in [-0.2, 0) is 88.9 Å². The highest BCUT2D eigenvalue weighted by molar-refractivity contribution is 5.19. The fourth-order valence-corrected chi connectivity index (χ4v) is 9.20. The molecule has 2 aliphatic rings. The molecule has 72 heavy (non-hydrogen) atoms. The van der Waals surface area contributed by atoms with E-state index in [1.54, 1.807) is 0 Å². The number of ether oxygens (including phenoxy) is 9. The molecule has 11 heteroatoms. The molecule has 11 nitrogen and oxygen atoms in total. The van der Waals surface area contributed by atoms with Crippen LogP contribution < -0.4 is 0 Å². The topological polar surface area (TPSA) is 124 Å². The van der Waals surface area contributed by atoms with Crippen molar-refractivity contribution in [3.63, 3.8) is 0 Å². The van der Waals surface area contributed by atoms with Crippen LogP contribution in [0.3, 0.4) is 0 Å². The Labute approximate surface area is 422 Å². The van der Waals surface area contributed by atoms with Crippen LogP contribution in [0, 0.1) is 0 Å². The number of rotatable bonds is 24. The molecule has 1 aliphatic carbocycles. The van der Waals surface area contributed by atoms with Gasteiger partial charge in [0.25, 0.3) is 0 Å². The third kappa shape index (κ3) is 14.2. The van der Waals surface area contributed by atoms with Crippen molar-refractivity contribution in [3.05, 3.63) is 251 Å². The summed E-state index contributed by atoms with van der Waals surface area (Å²) in [6.45, 7) is 1.47. The molecule has 7 aromatic rings. The first kappa shape index (κ1) is 51.0. The van der Waals surface area contributed by atoms with Crippen LogP contribution in [0.4, 0.5) is 0 Å². The minimum absolute atomic E-state index is 0.0849. The third-order valence-corrected chi connectivity index (χ3v) is 13.0. The van der Waals surface area contributed by atoms with Gasteiger partial charge in [-0.25, -0.2) is 0 Å². The van der Waals surface area contributed by atoms with Gasteiger partial charge in [0.1, 0.15) is 61.0 Å². The van der Waals surface area contributed by atoms with Crippen LogP contribution >= 0.6 is 0 Å². The summed E-state index contributed by atoms with van der Waals surface area (Å²) >= 11 is 0. The Hall–Kier alpha value is -5.90. The van der Waals surface area contributed by atoms with Gasteiger partial charge in [-0.1, -0.05) is 212 Å². The Morgan fingerprint density at radius 2 is 0.556 bits per heavy atom. The van der Waals surface area contributed by atoms with Gasteiger partial charge in [-0.3, -0.25) is 0 Å². The second-order valence-corrected chi connectivity index (χ2v) is 18.2. The molecule has 9 rings (SSSR count). The predicted molar refractivity (Wildman–Crippen MR) is 272 cm³/mol. The zero-order valence-corrected chi connectivity index (χ0v) is 40.3. The molecule has 1 saturated heterocycles. The van der Waals surface area contributed by atoms with E-state index in [4.69, 9.17) is 42.6 Å². The fraction of sp³-hybridized carbons (Fsp3) is 0.311. The maximum Gasteiger partial charge on any atom is 0.187 e. The maximum atomic E-state index is 12.8. The molecule has 374 valence electrons. The van der Waals surface area contributed by atoms with E-state index in [1.807, 2.05) is 212 Å². The van der Waals surface area contributed by atoms with E-state index in [2.05, 4.69) is 0 Å². The van der Waals surface area contributed by atoms with Gasteiger partial charge in [0.2, 0.25) is 0 Å². The molecule has 0 unspecified atom stereocenters. The predicted octanol–water partition coefficient (Wildman–Crippen LogP) is 9.56. The van der Waals surface area contributed by atoms with Crippen molar-refractivity contribution in [1.82, 2.24) is 0 Å². The normalized spacial score (nSPS) is 25.2. The van der Waals surface area contributed by atoms with Gasteiger partial charge < -0.3 is 52.8 Å². The number of benzene rings is 7. The van der Waals surface area contributed by atoms with Crippen LogP contribution in [0.2, 0.25) is 0 Å². The van der Waals surface area contributed by atoms with Gasteiger partial charge in [0, 0.05) is 0 Å². The van der Waals surface area contributed by atoms with E-state index in [1.165, 1.54) is 0 Å². The Morgan fingerprint density at radius 3 is 0.889 bits per heavy atom. The molecule has 11 atom stereocenters. The number of hydrogen-bond acceptors (Lipinski definition) is 11. The Balaban J connectivity index is 1.08. The van der Waals surface area contributed by atoms with Crippen molar-refractivity contribution in [2.45, 2.75) is 114 Å². The highest BCUT2D eigenvalue weighted by Crippen LogP contribution is 2.37. The monoisotopic (exact) mass is 972 g/mol. The summed E-state index contributed by atoms with van der Waals surface area (Å²) in [5.74, 6) is 0. The molecule has 2 N–H and O–H groups in total. The van der Waals surface area contributed by atoms with Crippen molar-refractivity contribution in [2.24, 2.45) is 0 Å². The molecule has 0 amide bonds. The first-order valence-corrected chi connectivity index (χ1v) is 24.8. The summed E-state index contributed by atoms with van der Waals surface area (Å²) in [5, 5.41) is 25.5. The zero-order chi connectivity index (χ0) is 49.2. The van der Waals surface area contributed by atoms with E-state index < -0.39 is 67.3 Å². The van der Waals surface area contributed by atoms with E-state index in [0.717, 1.165) is 38.9 Å². The Bertz CT molecular complexity index is 2510. The van der Waals surface area contributed by atoms with Gasteiger partial charge in [-0.05, 0) is 38.9 Å². The zero-order valence-electron chi connectivity index (χ0n) is 40.3. The van der Waals surface area contributed by atoms with Gasteiger partial charge in [0.05, 0.1) is 52.9 Å². The van der Waals surface area contributed by atoms with Crippen molar-refractivity contribution in [3.8, 4) is 0 Å². The minimum atomic E-state index is -1.46. The van der Waals surface area contributed by atoms with E-state index in [-0.39, 0.29) is 46.2 Å². The van der Waals surface area contributed by atoms with Crippen LogP contribution in [-0.4, -0.2) is 84.1 Å². The average molecular weight is 973 g/mol. The van der Waals surface area contributed by atoms with Crippen LogP contribution in [0.25, 0.3) is 0 Å². The SMILES string of the molecule is O[C@@H]1[C@H](O[C@H]2O[C@H](COCc3ccccc3)[C@@H](OCc3ccccc3)[C@H](OCc3ccccc3)[C@@H]2OCc2ccccc2)[C@@H](O)[C@H](OCc2ccccc2)[C@@H](OCc2ccccc2)[C@@H]1OCc1ccccc1. The molecule has 0 bridgehead atoms. The van der Waals surface area contributed by atoms with Crippen molar-refractivity contribution < 1.29 is 52.8 Å². The molecule has 7 aromatic carbocycles. The molecule has 0 aromatic heterocycles. The highest BCUT2D eigenvalue weighted by atomic mass is 16.7. The lowest BCUT2D eigenvalue weighted by atomic mass is 9.83. The molecule has 1 saturated carbocycles. The number of aliphatic hydroxyl groups excluding tert-OH is 2. The molecule has 0 spiro atoms. The molecular weight excluding hydrogens is 909 g/mol. The van der Waals surface area contributed by atoms with Gasteiger partial charge in [0.15, 0.2) is 6.29 Å². The second-order valence-electron chi connectivity index (χ2n) is 18.2. The van der Waals surface area contributed by atoms with E-state index in [9.17, 15) is 10.2 Å². The second kappa shape index (κ2) is 26.7. The molecule has 2 fully saturated rings. The molecular formula is C61H64O11. The fourth-order valence-electron chi connectivity index (χ4n) is 9.20. The highest BCUT2D eigenvalue weighted by Gasteiger charge is 2.56. The first-order valence-electron chi connectivity index (χ1n) is 24.8. The third-order valence-electron chi connectivity index (χ3n) is 13.0. The Morgan fingerprint density at radius 1 is 0.292 bits per heavy atom. The first-order chi connectivity index (χ1) is 35.6. The quantitative estimate of drug-likeness (QED) is 0.0602. The summed E-state index contributed by atoms with van der Waals surface area (Å²) in [4.78, 5) is 0. The van der Waals surface area contributed by atoms with Gasteiger partial charge in [-0.15, -0.1) is 0 Å². The lowest BCUT2D eigenvalue weighted by Crippen LogP contribution is -2.69. The van der Waals surface area contributed by atoms with Gasteiger partial charge in [-0.2, -0.15) is 0 Å². The van der Waals surface area contributed by atoms with E-state index in [0.29, 0.717) is 6.61 Å². The molecule has 1 heterocycles. The average Bonchev–Trinajstić information content (AvgIpc) is 3.44. The lowest BCUT2D eigenvalue weighted by Gasteiger charge is -2.50. The van der Waals surface area contributed by atoms with Crippen molar-refractivity contribution in [2.75, 3.05) is 6.61 Å². The van der Waals surface area contributed by atoms with Crippen LogP contribution in [0.15, 0.2) is 212 Å². The van der Waals surface area contributed by atoms with Crippen LogP contribution in [0.1, 0.15) is 38.9 Å². The summed E-state index contributed by atoms with van der Waals surface area (Å²) in [7, 11) is 0. The van der Waals surface area contributed by atoms with Gasteiger partial charge >= 0.3 is 0 Å². The summed E-state index contributed by atoms with van der Waals surface area (Å²) < 4.78 is 61.5. The summed E-state index contributed by atoms with van der Waals surface area (Å²) in [6.07, 6.45) is -11.9. The number of aliphatic hydroxyl groups is 2. The van der Waals surface area contributed by atoms with E-state index >= 15 is 0 Å². The molecule has 0 radical (unpaired) electrons. The maximum absolute atomic E-state index is 12.8.